The fourth-order valence-electron chi connectivity index (χ4n) is 2.22. The van der Waals surface area contributed by atoms with Crippen molar-refractivity contribution in [3.63, 3.8) is 0 Å². The number of nitrogens with zero attached hydrogens (tertiary/aromatic N) is 3. The number of carbonyl (C=O) groups excluding carboxylic acids is 1. The zero-order chi connectivity index (χ0) is 13.1. The fourth-order valence-corrected chi connectivity index (χ4v) is 2.22. The fraction of sp³-hybridized carbons (Fsp3) is 0.538. The van der Waals surface area contributed by atoms with Crippen molar-refractivity contribution >= 4 is 11.7 Å². The van der Waals surface area contributed by atoms with Crippen molar-refractivity contribution in [3.05, 3.63) is 23.5 Å². The third-order valence-corrected chi connectivity index (χ3v) is 3.35. The molecule has 0 amide bonds. The molecule has 1 aromatic heterocycles. The summed E-state index contributed by atoms with van der Waals surface area (Å²) in [5.74, 6) is -0.311. The number of likely N-dealkylation sites (N-methyl/N-ethyl adjacent to an activating group) is 1. The SMILES string of the molecule is COC(=O)c1c(N2CCN(C)CC2)ccnc1C. The van der Waals surface area contributed by atoms with Crippen molar-refractivity contribution in [1.29, 1.82) is 0 Å². The number of aryl methyl sites for hydroxylation is 1. The van der Waals surface area contributed by atoms with Gasteiger partial charge in [-0.15, -0.1) is 0 Å². The van der Waals surface area contributed by atoms with Crippen molar-refractivity contribution in [2.24, 2.45) is 0 Å². The first-order valence-electron chi connectivity index (χ1n) is 6.11. The molecule has 1 aliphatic rings. The normalized spacial score (nSPS) is 16.7. The summed E-state index contributed by atoms with van der Waals surface area (Å²) >= 11 is 0. The van der Waals surface area contributed by atoms with Crippen LogP contribution in [0.4, 0.5) is 5.69 Å². The van der Waals surface area contributed by atoms with E-state index in [2.05, 4.69) is 21.8 Å². The Kier molecular flexibility index (Phi) is 3.81. The molecule has 1 aromatic rings. The molecule has 2 heterocycles. The zero-order valence-corrected chi connectivity index (χ0v) is 11.1. The van der Waals surface area contributed by atoms with Gasteiger partial charge < -0.3 is 14.5 Å². The lowest BCUT2D eigenvalue weighted by Crippen LogP contribution is -2.45. The van der Waals surface area contributed by atoms with E-state index in [1.807, 2.05) is 13.0 Å². The van der Waals surface area contributed by atoms with Gasteiger partial charge in [-0.25, -0.2) is 4.79 Å². The molecule has 5 nitrogen and oxygen atoms in total. The van der Waals surface area contributed by atoms with Crippen LogP contribution < -0.4 is 4.90 Å². The largest absolute Gasteiger partial charge is 0.465 e. The maximum absolute atomic E-state index is 11.9. The number of carbonyl (C=O) groups is 1. The van der Waals surface area contributed by atoms with E-state index in [0.717, 1.165) is 37.6 Å². The molecule has 0 N–H and O–H groups in total. The van der Waals surface area contributed by atoms with Crippen LogP contribution in [0, 0.1) is 6.92 Å². The molecule has 1 fully saturated rings. The molecule has 0 saturated carbocycles. The van der Waals surface area contributed by atoms with Gasteiger partial charge in [-0.3, -0.25) is 4.98 Å². The highest BCUT2D eigenvalue weighted by atomic mass is 16.5. The van der Waals surface area contributed by atoms with Crippen LogP contribution in [-0.2, 0) is 4.74 Å². The minimum atomic E-state index is -0.311. The second kappa shape index (κ2) is 5.35. The monoisotopic (exact) mass is 249 g/mol. The second-order valence-electron chi connectivity index (χ2n) is 4.57. The van der Waals surface area contributed by atoms with E-state index in [4.69, 9.17) is 4.74 Å². The summed E-state index contributed by atoms with van der Waals surface area (Å²) in [6.07, 6.45) is 1.75. The summed E-state index contributed by atoms with van der Waals surface area (Å²) in [6.45, 7) is 5.68. The Labute approximate surface area is 107 Å². The van der Waals surface area contributed by atoms with Crippen LogP contribution in [0.2, 0.25) is 0 Å². The number of rotatable bonds is 2. The lowest BCUT2D eigenvalue weighted by atomic mass is 10.1. The topological polar surface area (TPSA) is 45.7 Å². The number of hydrogen-bond acceptors (Lipinski definition) is 5. The van der Waals surface area contributed by atoms with Gasteiger partial charge in [-0.1, -0.05) is 0 Å². The molecule has 0 aromatic carbocycles. The highest BCUT2D eigenvalue weighted by Crippen LogP contribution is 2.24. The molecule has 1 aliphatic heterocycles. The average Bonchev–Trinajstić information content (AvgIpc) is 2.38. The van der Waals surface area contributed by atoms with E-state index < -0.39 is 0 Å². The highest BCUT2D eigenvalue weighted by Gasteiger charge is 2.22. The first-order chi connectivity index (χ1) is 8.63. The second-order valence-corrected chi connectivity index (χ2v) is 4.57. The van der Waals surface area contributed by atoms with Crippen LogP contribution in [0.15, 0.2) is 12.3 Å². The van der Waals surface area contributed by atoms with Crippen molar-refractivity contribution in [2.45, 2.75) is 6.92 Å². The van der Waals surface area contributed by atoms with Gasteiger partial charge in [-0.2, -0.15) is 0 Å². The van der Waals surface area contributed by atoms with Gasteiger partial charge in [0.05, 0.1) is 18.5 Å². The molecule has 0 aliphatic carbocycles. The summed E-state index contributed by atoms with van der Waals surface area (Å²) in [5.41, 5.74) is 2.24. The number of pyridine rings is 1. The van der Waals surface area contributed by atoms with Crippen molar-refractivity contribution in [3.8, 4) is 0 Å². The minimum absolute atomic E-state index is 0.311. The van der Waals surface area contributed by atoms with Gasteiger partial charge in [0.2, 0.25) is 0 Å². The van der Waals surface area contributed by atoms with Crippen LogP contribution in [0.25, 0.3) is 0 Å². The summed E-state index contributed by atoms with van der Waals surface area (Å²) < 4.78 is 4.85. The zero-order valence-electron chi connectivity index (χ0n) is 11.1. The number of aromatic nitrogens is 1. The van der Waals surface area contributed by atoms with Gasteiger partial charge in [-0.05, 0) is 20.0 Å². The maximum atomic E-state index is 11.9. The molecule has 0 radical (unpaired) electrons. The standard InChI is InChI=1S/C13H19N3O2/c1-10-12(13(17)18-3)11(4-5-14-10)16-8-6-15(2)7-9-16/h4-5H,6-9H2,1-3H3. The quantitative estimate of drug-likeness (QED) is 0.730. The lowest BCUT2D eigenvalue weighted by Gasteiger charge is -2.34. The van der Waals surface area contributed by atoms with Crippen molar-refractivity contribution < 1.29 is 9.53 Å². The predicted molar refractivity (Wildman–Crippen MR) is 70.0 cm³/mol. The molecular weight excluding hydrogens is 230 g/mol. The summed E-state index contributed by atoms with van der Waals surface area (Å²) in [5, 5.41) is 0. The molecule has 2 rings (SSSR count). The molecule has 5 heteroatoms. The third kappa shape index (κ3) is 2.46. The number of ether oxygens (including phenoxy) is 1. The Hall–Kier alpha value is -1.62. The molecule has 1 saturated heterocycles. The lowest BCUT2D eigenvalue weighted by molar-refractivity contribution is 0.0600. The van der Waals surface area contributed by atoms with E-state index in [0.29, 0.717) is 5.56 Å². The molecule has 0 bridgehead atoms. The van der Waals surface area contributed by atoms with Gasteiger partial charge in [0, 0.05) is 32.4 Å². The van der Waals surface area contributed by atoms with Gasteiger partial charge in [0.1, 0.15) is 5.56 Å². The van der Waals surface area contributed by atoms with Crippen molar-refractivity contribution in [1.82, 2.24) is 9.88 Å². The van der Waals surface area contributed by atoms with E-state index in [1.54, 1.807) is 6.20 Å². The van der Waals surface area contributed by atoms with Crippen LogP contribution in [0.1, 0.15) is 16.1 Å². The Bertz CT molecular complexity index is 440. The number of piperazine rings is 1. The predicted octanol–water partition coefficient (Wildman–Crippen LogP) is 0.928. The maximum Gasteiger partial charge on any atom is 0.341 e. The number of esters is 1. The van der Waals surface area contributed by atoms with E-state index in [9.17, 15) is 4.79 Å². The van der Waals surface area contributed by atoms with Gasteiger partial charge >= 0.3 is 5.97 Å². The van der Waals surface area contributed by atoms with E-state index in [-0.39, 0.29) is 5.97 Å². The molecular formula is C13H19N3O2. The Balaban J connectivity index is 2.32. The Morgan fingerprint density at radius 2 is 2.00 bits per heavy atom. The summed E-state index contributed by atoms with van der Waals surface area (Å²) in [7, 11) is 3.51. The number of anilines is 1. The van der Waals surface area contributed by atoms with Crippen LogP contribution >= 0.6 is 0 Å². The Morgan fingerprint density at radius 1 is 1.33 bits per heavy atom. The minimum Gasteiger partial charge on any atom is -0.465 e. The Morgan fingerprint density at radius 3 is 2.61 bits per heavy atom. The van der Waals surface area contributed by atoms with Gasteiger partial charge in [0.25, 0.3) is 0 Å². The third-order valence-electron chi connectivity index (χ3n) is 3.35. The molecule has 18 heavy (non-hydrogen) atoms. The first kappa shape index (κ1) is 12.8. The van der Waals surface area contributed by atoms with Crippen LogP contribution in [0.3, 0.4) is 0 Å². The smallest absolute Gasteiger partial charge is 0.341 e. The average molecular weight is 249 g/mol. The summed E-state index contributed by atoms with van der Waals surface area (Å²) in [4.78, 5) is 20.5. The molecule has 98 valence electrons. The summed E-state index contributed by atoms with van der Waals surface area (Å²) in [6, 6.07) is 1.89. The molecule has 0 atom stereocenters. The van der Waals surface area contributed by atoms with E-state index >= 15 is 0 Å². The van der Waals surface area contributed by atoms with Gasteiger partial charge in [0.15, 0.2) is 0 Å². The van der Waals surface area contributed by atoms with E-state index in [1.165, 1.54) is 7.11 Å². The van der Waals surface area contributed by atoms with Crippen LogP contribution in [-0.4, -0.2) is 56.2 Å². The highest BCUT2D eigenvalue weighted by molar-refractivity contribution is 5.96. The molecule has 0 unspecified atom stereocenters. The van der Waals surface area contributed by atoms with Crippen LogP contribution in [0.5, 0.6) is 0 Å². The van der Waals surface area contributed by atoms with Crippen molar-refractivity contribution in [2.75, 3.05) is 45.2 Å². The number of hydrogen-bond donors (Lipinski definition) is 0. The first-order valence-corrected chi connectivity index (χ1v) is 6.11. The number of methoxy groups -OCH3 is 1. The molecule has 0 spiro atoms.